The van der Waals surface area contributed by atoms with E-state index in [4.69, 9.17) is 14.5 Å². The van der Waals surface area contributed by atoms with Gasteiger partial charge in [0.1, 0.15) is 13.2 Å². The minimum Gasteiger partial charge on any atom is -1.00 e. The van der Waals surface area contributed by atoms with Crippen LogP contribution in [-0.2, 0) is 12.8 Å². The maximum Gasteiger partial charge on any atom is 0.163 e. The molecule has 0 bridgehead atoms. The molecule has 5 heteroatoms. The average Bonchev–Trinajstić information content (AvgIpc) is 3.10. The second kappa shape index (κ2) is 6.45. The van der Waals surface area contributed by atoms with E-state index in [9.17, 15) is 0 Å². The van der Waals surface area contributed by atoms with Crippen molar-refractivity contribution >= 4 is 22.3 Å². The van der Waals surface area contributed by atoms with Gasteiger partial charge in [-0.05, 0) is 43.0 Å². The van der Waals surface area contributed by atoms with Crippen molar-refractivity contribution in [1.82, 2.24) is 4.98 Å². The molecule has 1 aliphatic carbocycles. The van der Waals surface area contributed by atoms with Crippen LogP contribution in [-0.4, -0.2) is 18.2 Å². The number of nitrogens with one attached hydrogen (secondary N) is 1. The summed E-state index contributed by atoms with van der Waals surface area (Å²) in [5, 5.41) is 4.80. The number of fused-ring (bicyclic) bond motifs is 3. The maximum absolute atomic E-state index is 5.70. The lowest BCUT2D eigenvalue weighted by Crippen LogP contribution is -3.00. The number of ether oxygens (including phenoxy) is 2. The smallest absolute Gasteiger partial charge is 0.163 e. The van der Waals surface area contributed by atoms with Crippen molar-refractivity contribution in [2.24, 2.45) is 0 Å². The summed E-state index contributed by atoms with van der Waals surface area (Å²) in [5.74, 6) is 1.62. The standard InChI is InChI=1S/C20H18N2O2.ClH/c1-2-6-16-14(4-1)20(15-5-3-7-17(15)22-16)21-13-8-9-18-19(12-13)24-11-10-23-18;/h1-2,4,6,8-9,12H,3,5,7,10-11H2,(H,21,22);1H/p-1. The molecule has 0 atom stereocenters. The molecule has 0 saturated carbocycles. The number of halogens is 1. The largest absolute Gasteiger partial charge is 1.00 e. The number of hydrogen-bond donors (Lipinski definition) is 1. The van der Waals surface area contributed by atoms with E-state index in [-0.39, 0.29) is 12.4 Å². The first kappa shape index (κ1) is 16.0. The number of aryl methyl sites for hydroxylation is 1. The lowest BCUT2D eigenvalue weighted by atomic mass is 10.1. The van der Waals surface area contributed by atoms with Crippen molar-refractivity contribution in [3.05, 3.63) is 53.7 Å². The van der Waals surface area contributed by atoms with Crippen LogP contribution >= 0.6 is 0 Å². The second-order valence-corrected chi connectivity index (χ2v) is 6.27. The van der Waals surface area contributed by atoms with Crippen molar-refractivity contribution < 1.29 is 21.9 Å². The highest BCUT2D eigenvalue weighted by molar-refractivity contribution is 5.95. The van der Waals surface area contributed by atoms with Crippen LogP contribution in [0.5, 0.6) is 11.5 Å². The molecule has 0 fully saturated rings. The van der Waals surface area contributed by atoms with Gasteiger partial charge < -0.3 is 27.2 Å². The molecule has 4 nitrogen and oxygen atoms in total. The molecule has 1 aromatic heterocycles. The summed E-state index contributed by atoms with van der Waals surface area (Å²) in [5.41, 5.74) is 5.84. The Labute approximate surface area is 152 Å². The molecule has 128 valence electrons. The van der Waals surface area contributed by atoms with Crippen LogP contribution in [0.15, 0.2) is 42.5 Å². The Morgan fingerprint density at radius 3 is 2.68 bits per heavy atom. The second-order valence-electron chi connectivity index (χ2n) is 6.27. The van der Waals surface area contributed by atoms with Gasteiger partial charge in [0.15, 0.2) is 11.5 Å². The van der Waals surface area contributed by atoms with Crippen LogP contribution in [0.4, 0.5) is 11.4 Å². The number of rotatable bonds is 2. The van der Waals surface area contributed by atoms with Gasteiger partial charge in [-0.3, -0.25) is 4.98 Å². The molecule has 0 amide bonds. The number of aromatic nitrogens is 1. The summed E-state index contributed by atoms with van der Waals surface area (Å²) >= 11 is 0. The Hall–Kier alpha value is -2.46. The van der Waals surface area contributed by atoms with Crippen molar-refractivity contribution in [2.45, 2.75) is 19.3 Å². The van der Waals surface area contributed by atoms with E-state index < -0.39 is 0 Å². The Bertz CT molecular complexity index is 942. The molecule has 0 unspecified atom stereocenters. The van der Waals surface area contributed by atoms with Crippen molar-refractivity contribution in [2.75, 3.05) is 18.5 Å². The molecule has 25 heavy (non-hydrogen) atoms. The molecule has 0 radical (unpaired) electrons. The number of hydrogen-bond acceptors (Lipinski definition) is 4. The van der Waals surface area contributed by atoms with Gasteiger partial charge >= 0.3 is 0 Å². The van der Waals surface area contributed by atoms with E-state index in [1.54, 1.807) is 0 Å². The first-order chi connectivity index (χ1) is 11.9. The van der Waals surface area contributed by atoms with Crippen molar-refractivity contribution in [3.63, 3.8) is 0 Å². The lowest BCUT2D eigenvalue weighted by Gasteiger charge is -2.20. The minimum atomic E-state index is 0. The Kier molecular flexibility index (Phi) is 4.14. The zero-order chi connectivity index (χ0) is 15.9. The van der Waals surface area contributed by atoms with Crippen LogP contribution in [0.3, 0.4) is 0 Å². The molecule has 0 spiro atoms. The summed E-state index contributed by atoms with van der Waals surface area (Å²) < 4.78 is 11.3. The normalized spacial score (nSPS) is 14.7. The Morgan fingerprint density at radius 1 is 0.920 bits per heavy atom. The Morgan fingerprint density at radius 2 is 1.76 bits per heavy atom. The highest BCUT2D eigenvalue weighted by atomic mass is 35.5. The Balaban J connectivity index is 0.00000157. The third-order valence-electron chi connectivity index (χ3n) is 4.73. The number of benzene rings is 2. The van der Waals surface area contributed by atoms with Crippen LogP contribution < -0.4 is 27.2 Å². The molecular weight excluding hydrogens is 336 g/mol. The van der Waals surface area contributed by atoms with Crippen LogP contribution in [0.1, 0.15) is 17.7 Å². The first-order valence-corrected chi connectivity index (χ1v) is 8.46. The van der Waals surface area contributed by atoms with Crippen LogP contribution in [0.2, 0.25) is 0 Å². The summed E-state index contributed by atoms with van der Waals surface area (Å²) in [6, 6.07) is 14.4. The van der Waals surface area contributed by atoms with Gasteiger partial charge in [0.05, 0.1) is 11.2 Å². The highest BCUT2D eigenvalue weighted by Gasteiger charge is 2.20. The highest BCUT2D eigenvalue weighted by Crippen LogP contribution is 2.38. The third kappa shape index (κ3) is 2.76. The average molecular weight is 354 g/mol. The van der Waals surface area contributed by atoms with Gasteiger partial charge in [-0.1, -0.05) is 18.2 Å². The molecule has 2 aromatic carbocycles. The topological polar surface area (TPSA) is 43.4 Å². The van der Waals surface area contributed by atoms with E-state index in [1.165, 1.54) is 28.8 Å². The van der Waals surface area contributed by atoms with Gasteiger partial charge in [-0.2, -0.15) is 0 Å². The summed E-state index contributed by atoms with van der Waals surface area (Å²) in [7, 11) is 0. The number of anilines is 2. The van der Waals surface area contributed by atoms with E-state index >= 15 is 0 Å². The predicted molar refractivity (Wildman–Crippen MR) is 94.5 cm³/mol. The first-order valence-electron chi connectivity index (χ1n) is 8.46. The molecular formula is C20H18ClN2O2-. The van der Waals surface area contributed by atoms with Crippen LogP contribution in [0, 0.1) is 0 Å². The minimum absolute atomic E-state index is 0. The summed E-state index contributed by atoms with van der Waals surface area (Å²) in [4.78, 5) is 4.84. The molecule has 2 aliphatic rings. The number of nitrogens with zero attached hydrogens (tertiary/aromatic N) is 1. The monoisotopic (exact) mass is 353 g/mol. The third-order valence-corrected chi connectivity index (χ3v) is 4.73. The lowest BCUT2D eigenvalue weighted by molar-refractivity contribution is -0.00000534. The fourth-order valence-corrected chi connectivity index (χ4v) is 3.62. The summed E-state index contributed by atoms with van der Waals surface area (Å²) in [6.07, 6.45) is 3.32. The molecule has 0 saturated heterocycles. The van der Waals surface area contributed by atoms with Gasteiger partial charge in [0.2, 0.25) is 0 Å². The van der Waals surface area contributed by atoms with Gasteiger partial charge in [0.25, 0.3) is 0 Å². The zero-order valence-electron chi connectivity index (χ0n) is 13.7. The predicted octanol–water partition coefficient (Wildman–Crippen LogP) is 1.24. The van der Waals surface area contributed by atoms with Crippen molar-refractivity contribution in [1.29, 1.82) is 0 Å². The number of pyridine rings is 1. The maximum atomic E-state index is 5.70. The molecule has 3 aromatic rings. The van der Waals surface area contributed by atoms with E-state index in [1.807, 2.05) is 24.3 Å². The SMILES string of the molecule is [Cl-].c1ccc2c(Nc3ccc4c(c3)OCCO4)c3c(nc2c1)CCC3. The molecule has 1 aliphatic heterocycles. The summed E-state index contributed by atoms with van der Waals surface area (Å²) in [6.45, 7) is 1.21. The van der Waals surface area contributed by atoms with E-state index in [2.05, 4.69) is 23.5 Å². The number of para-hydroxylation sites is 1. The van der Waals surface area contributed by atoms with E-state index in [0.717, 1.165) is 35.5 Å². The van der Waals surface area contributed by atoms with Crippen LogP contribution in [0.25, 0.3) is 10.9 Å². The fraction of sp³-hybridized carbons (Fsp3) is 0.250. The van der Waals surface area contributed by atoms with Gasteiger partial charge in [-0.15, -0.1) is 0 Å². The van der Waals surface area contributed by atoms with Crippen molar-refractivity contribution in [3.8, 4) is 11.5 Å². The molecule has 1 N–H and O–H groups in total. The quantitative estimate of drug-likeness (QED) is 0.753. The molecule has 5 rings (SSSR count). The fourth-order valence-electron chi connectivity index (χ4n) is 3.62. The zero-order valence-corrected chi connectivity index (χ0v) is 14.5. The van der Waals surface area contributed by atoms with E-state index in [0.29, 0.717) is 13.2 Å². The van der Waals surface area contributed by atoms with Gasteiger partial charge in [-0.25, -0.2) is 0 Å². The van der Waals surface area contributed by atoms with Gasteiger partial charge in [0, 0.05) is 22.8 Å². The molecule has 2 heterocycles.